The zero-order valence-corrected chi connectivity index (χ0v) is 9.91. The van der Waals surface area contributed by atoms with Crippen molar-refractivity contribution in [2.45, 2.75) is 6.54 Å². The SMILES string of the molecule is N/C(=N/O)c1ccc(C(=O)NCc2ccno2)cc1. The number of rotatable bonds is 4. The fourth-order valence-electron chi connectivity index (χ4n) is 1.45. The summed E-state index contributed by atoms with van der Waals surface area (Å²) >= 11 is 0. The lowest BCUT2D eigenvalue weighted by Crippen LogP contribution is -2.22. The molecule has 1 aromatic heterocycles. The fourth-order valence-corrected chi connectivity index (χ4v) is 1.45. The summed E-state index contributed by atoms with van der Waals surface area (Å²) in [4.78, 5) is 11.8. The first-order valence-electron chi connectivity index (χ1n) is 5.46. The van der Waals surface area contributed by atoms with Crippen molar-refractivity contribution < 1.29 is 14.5 Å². The molecule has 7 heteroatoms. The smallest absolute Gasteiger partial charge is 0.251 e. The molecule has 1 amide bonds. The fraction of sp³-hybridized carbons (Fsp3) is 0.0833. The first kappa shape index (κ1) is 12.6. The molecule has 4 N–H and O–H groups in total. The average Bonchev–Trinajstić information content (AvgIpc) is 2.97. The van der Waals surface area contributed by atoms with Crippen molar-refractivity contribution in [2.75, 3.05) is 0 Å². The Morgan fingerprint density at radius 2 is 2.00 bits per heavy atom. The molecule has 2 aromatic rings. The minimum atomic E-state index is -0.248. The number of amides is 1. The molecule has 0 atom stereocenters. The standard InChI is InChI=1S/C12H12N4O3/c13-11(16-18)8-1-3-9(4-2-8)12(17)14-7-10-5-6-15-19-10/h1-6,18H,7H2,(H2,13,16)(H,14,17). The van der Waals surface area contributed by atoms with Crippen molar-refractivity contribution in [1.82, 2.24) is 10.5 Å². The van der Waals surface area contributed by atoms with E-state index in [1.54, 1.807) is 30.3 Å². The lowest BCUT2D eigenvalue weighted by atomic mass is 10.1. The van der Waals surface area contributed by atoms with Crippen LogP contribution in [0.15, 0.2) is 46.2 Å². The van der Waals surface area contributed by atoms with Gasteiger partial charge in [0.15, 0.2) is 11.6 Å². The van der Waals surface area contributed by atoms with Gasteiger partial charge in [-0.1, -0.05) is 22.4 Å². The van der Waals surface area contributed by atoms with Gasteiger partial charge in [-0.3, -0.25) is 4.79 Å². The van der Waals surface area contributed by atoms with Crippen LogP contribution in [0.1, 0.15) is 21.7 Å². The quantitative estimate of drug-likeness (QED) is 0.324. The summed E-state index contributed by atoms with van der Waals surface area (Å²) in [6, 6.07) is 8.03. The van der Waals surface area contributed by atoms with E-state index >= 15 is 0 Å². The van der Waals surface area contributed by atoms with Crippen molar-refractivity contribution in [3.05, 3.63) is 53.4 Å². The minimum Gasteiger partial charge on any atom is -0.409 e. The van der Waals surface area contributed by atoms with Gasteiger partial charge in [0, 0.05) is 17.2 Å². The minimum absolute atomic E-state index is 0.00591. The molecule has 2 rings (SSSR count). The first-order chi connectivity index (χ1) is 9.20. The van der Waals surface area contributed by atoms with Crippen LogP contribution in [0.4, 0.5) is 0 Å². The van der Waals surface area contributed by atoms with Gasteiger partial charge >= 0.3 is 0 Å². The van der Waals surface area contributed by atoms with E-state index in [9.17, 15) is 4.79 Å². The van der Waals surface area contributed by atoms with Crippen LogP contribution in [-0.4, -0.2) is 22.1 Å². The summed E-state index contributed by atoms with van der Waals surface area (Å²) in [5.41, 5.74) is 6.43. The van der Waals surface area contributed by atoms with E-state index < -0.39 is 0 Å². The molecule has 0 aliphatic rings. The van der Waals surface area contributed by atoms with Crippen LogP contribution in [0, 0.1) is 0 Å². The lowest BCUT2D eigenvalue weighted by Gasteiger charge is -2.04. The Hall–Kier alpha value is -2.83. The van der Waals surface area contributed by atoms with Crippen molar-refractivity contribution in [3.8, 4) is 0 Å². The van der Waals surface area contributed by atoms with E-state index in [1.165, 1.54) is 6.20 Å². The monoisotopic (exact) mass is 260 g/mol. The number of nitrogens with two attached hydrogens (primary N) is 1. The van der Waals surface area contributed by atoms with Crippen molar-refractivity contribution in [2.24, 2.45) is 10.9 Å². The van der Waals surface area contributed by atoms with Gasteiger partial charge in [-0.15, -0.1) is 0 Å². The summed E-state index contributed by atoms with van der Waals surface area (Å²) in [6.07, 6.45) is 1.51. The number of oxime groups is 1. The third kappa shape index (κ3) is 3.09. The van der Waals surface area contributed by atoms with Crippen molar-refractivity contribution >= 4 is 11.7 Å². The largest absolute Gasteiger partial charge is 0.409 e. The molecule has 0 bridgehead atoms. The van der Waals surface area contributed by atoms with Crippen LogP contribution in [0.3, 0.4) is 0 Å². The first-order valence-corrected chi connectivity index (χ1v) is 5.46. The molecule has 0 saturated heterocycles. The molecular formula is C12H12N4O3. The lowest BCUT2D eigenvalue weighted by molar-refractivity contribution is 0.0947. The number of nitrogens with one attached hydrogen (secondary N) is 1. The topological polar surface area (TPSA) is 114 Å². The Bertz CT molecular complexity index is 576. The van der Waals surface area contributed by atoms with Crippen LogP contribution in [0.2, 0.25) is 0 Å². The van der Waals surface area contributed by atoms with Gasteiger partial charge in [0.2, 0.25) is 0 Å². The van der Waals surface area contributed by atoms with E-state index in [-0.39, 0.29) is 18.3 Å². The van der Waals surface area contributed by atoms with Crippen molar-refractivity contribution in [1.29, 1.82) is 0 Å². The van der Waals surface area contributed by atoms with E-state index in [2.05, 4.69) is 15.6 Å². The number of hydrogen-bond acceptors (Lipinski definition) is 5. The number of carbonyl (C=O) groups is 1. The van der Waals surface area contributed by atoms with Gasteiger partial charge in [-0.2, -0.15) is 0 Å². The van der Waals surface area contributed by atoms with Gasteiger partial charge in [0.25, 0.3) is 5.91 Å². The summed E-state index contributed by atoms with van der Waals surface area (Å²) in [6.45, 7) is 0.265. The molecule has 0 saturated carbocycles. The van der Waals surface area contributed by atoms with Gasteiger partial charge in [-0.25, -0.2) is 0 Å². The van der Waals surface area contributed by atoms with Crippen LogP contribution in [0.25, 0.3) is 0 Å². The average molecular weight is 260 g/mol. The maximum absolute atomic E-state index is 11.8. The predicted molar refractivity (Wildman–Crippen MR) is 66.6 cm³/mol. The molecule has 19 heavy (non-hydrogen) atoms. The molecule has 0 unspecified atom stereocenters. The van der Waals surface area contributed by atoms with Gasteiger partial charge < -0.3 is 20.8 Å². The maximum Gasteiger partial charge on any atom is 0.251 e. The molecule has 7 nitrogen and oxygen atoms in total. The molecule has 1 heterocycles. The Morgan fingerprint density at radius 3 is 2.58 bits per heavy atom. The molecule has 1 aromatic carbocycles. The molecule has 98 valence electrons. The second-order valence-corrected chi connectivity index (χ2v) is 3.72. The summed E-state index contributed by atoms with van der Waals surface area (Å²) in [7, 11) is 0. The zero-order valence-electron chi connectivity index (χ0n) is 9.91. The van der Waals surface area contributed by atoms with E-state index in [0.29, 0.717) is 16.9 Å². The summed E-state index contributed by atoms with van der Waals surface area (Å²) < 4.78 is 4.86. The normalized spacial score (nSPS) is 11.3. The summed E-state index contributed by atoms with van der Waals surface area (Å²) in [5.74, 6) is 0.317. The highest BCUT2D eigenvalue weighted by Crippen LogP contribution is 2.05. The van der Waals surface area contributed by atoms with Crippen LogP contribution >= 0.6 is 0 Å². The molecule has 0 fully saturated rings. The molecule has 0 aliphatic heterocycles. The number of benzene rings is 1. The van der Waals surface area contributed by atoms with Crippen LogP contribution in [-0.2, 0) is 6.54 Å². The van der Waals surface area contributed by atoms with Crippen LogP contribution in [0.5, 0.6) is 0 Å². The van der Waals surface area contributed by atoms with Gasteiger partial charge in [-0.05, 0) is 12.1 Å². The number of amidine groups is 1. The number of aromatic nitrogens is 1. The second-order valence-electron chi connectivity index (χ2n) is 3.72. The Morgan fingerprint density at radius 1 is 1.32 bits per heavy atom. The molecule has 0 spiro atoms. The Balaban J connectivity index is 1.99. The van der Waals surface area contributed by atoms with E-state index in [4.69, 9.17) is 15.5 Å². The number of nitrogens with zero attached hydrogens (tertiary/aromatic N) is 2. The molecular weight excluding hydrogens is 248 g/mol. The number of hydrogen-bond donors (Lipinski definition) is 3. The third-order valence-electron chi connectivity index (χ3n) is 2.47. The van der Waals surface area contributed by atoms with Crippen LogP contribution < -0.4 is 11.1 Å². The molecule has 0 aliphatic carbocycles. The highest BCUT2D eigenvalue weighted by Gasteiger charge is 2.07. The Kier molecular flexibility index (Phi) is 3.77. The predicted octanol–water partition coefficient (Wildman–Crippen LogP) is 0.699. The second kappa shape index (κ2) is 5.67. The summed E-state index contributed by atoms with van der Waals surface area (Å²) in [5, 5.41) is 17.6. The maximum atomic E-state index is 11.8. The van der Waals surface area contributed by atoms with E-state index in [1.807, 2.05) is 0 Å². The number of carbonyl (C=O) groups excluding carboxylic acids is 1. The van der Waals surface area contributed by atoms with E-state index in [0.717, 1.165) is 0 Å². The highest BCUT2D eigenvalue weighted by molar-refractivity contribution is 5.99. The van der Waals surface area contributed by atoms with Gasteiger partial charge in [0.05, 0.1) is 12.7 Å². The molecule has 0 radical (unpaired) electrons. The van der Waals surface area contributed by atoms with Gasteiger partial charge in [0.1, 0.15) is 0 Å². The Labute approximate surface area is 108 Å². The van der Waals surface area contributed by atoms with Crippen molar-refractivity contribution in [3.63, 3.8) is 0 Å². The third-order valence-corrected chi connectivity index (χ3v) is 2.47. The zero-order chi connectivity index (χ0) is 13.7. The highest BCUT2D eigenvalue weighted by atomic mass is 16.5.